The fourth-order valence-corrected chi connectivity index (χ4v) is 2.38. The van der Waals surface area contributed by atoms with Gasteiger partial charge in [-0.05, 0) is 36.6 Å². The van der Waals surface area contributed by atoms with Crippen LogP contribution in [0.15, 0.2) is 54.6 Å². The SMILES string of the molecule is CCOC(=O)CCc1ccc(NC(C(N)=O)c2ccccc2)cc1. The van der Waals surface area contributed by atoms with Crippen molar-refractivity contribution >= 4 is 17.6 Å². The van der Waals surface area contributed by atoms with Crippen LogP contribution in [0.4, 0.5) is 5.69 Å². The third-order valence-corrected chi connectivity index (χ3v) is 3.61. The van der Waals surface area contributed by atoms with Gasteiger partial charge in [-0.15, -0.1) is 0 Å². The first kappa shape index (κ1) is 17.5. The van der Waals surface area contributed by atoms with Crippen molar-refractivity contribution in [2.45, 2.75) is 25.8 Å². The molecule has 0 radical (unpaired) electrons. The highest BCUT2D eigenvalue weighted by Crippen LogP contribution is 2.20. The van der Waals surface area contributed by atoms with Crippen molar-refractivity contribution < 1.29 is 14.3 Å². The van der Waals surface area contributed by atoms with Crippen molar-refractivity contribution in [3.63, 3.8) is 0 Å². The van der Waals surface area contributed by atoms with E-state index in [0.29, 0.717) is 19.4 Å². The van der Waals surface area contributed by atoms with Crippen LogP contribution >= 0.6 is 0 Å². The van der Waals surface area contributed by atoms with E-state index in [1.54, 1.807) is 6.92 Å². The van der Waals surface area contributed by atoms with Gasteiger partial charge in [0.05, 0.1) is 6.61 Å². The molecular formula is C19H22N2O3. The van der Waals surface area contributed by atoms with Gasteiger partial charge < -0.3 is 15.8 Å². The summed E-state index contributed by atoms with van der Waals surface area (Å²) in [5, 5.41) is 3.14. The average molecular weight is 326 g/mol. The third kappa shape index (κ3) is 5.12. The van der Waals surface area contributed by atoms with E-state index in [1.807, 2.05) is 54.6 Å². The Morgan fingerprint density at radius 2 is 1.75 bits per heavy atom. The fourth-order valence-electron chi connectivity index (χ4n) is 2.38. The van der Waals surface area contributed by atoms with Gasteiger partial charge in [0.1, 0.15) is 6.04 Å². The Balaban J connectivity index is 1.99. The van der Waals surface area contributed by atoms with Crippen molar-refractivity contribution in [3.05, 3.63) is 65.7 Å². The van der Waals surface area contributed by atoms with Crippen molar-refractivity contribution in [2.75, 3.05) is 11.9 Å². The average Bonchev–Trinajstić information content (AvgIpc) is 2.59. The Morgan fingerprint density at radius 3 is 2.33 bits per heavy atom. The molecule has 24 heavy (non-hydrogen) atoms. The summed E-state index contributed by atoms with van der Waals surface area (Å²) in [6.07, 6.45) is 0.978. The van der Waals surface area contributed by atoms with E-state index < -0.39 is 11.9 Å². The van der Waals surface area contributed by atoms with Gasteiger partial charge in [0, 0.05) is 12.1 Å². The summed E-state index contributed by atoms with van der Waals surface area (Å²) in [4.78, 5) is 23.1. The van der Waals surface area contributed by atoms with Gasteiger partial charge in [-0.25, -0.2) is 0 Å². The van der Waals surface area contributed by atoms with Crippen LogP contribution < -0.4 is 11.1 Å². The molecule has 1 atom stereocenters. The number of rotatable bonds is 8. The standard InChI is InChI=1S/C19H22N2O3/c1-2-24-17(22)13-10-14-8-11-16(12-9-14)21-18(19(20)23)15-6-4-3-5-7-15/h3-9,11-12,18,21H,2,10,13H2,1H3,(H2,20,23). The summed E-state index contributed by atoms with van der Waals surface area (Å²) in [6, 6.07) is 16.3. The number of primary amides is 1. The lowest BCUT2D eigenvalue weighted by molar-refractivity contribution is -0.143. The molecule has 0 bridgehead atoms. The number of aryl methyl sites for hydroxylation is 1. The molecule has 1 unspecified atom stereocenters. The molecule has 0 spiro atoms. The predicted molar refractivity (Wildman–Crippen MR) is 93.4 cm³/mol. The smallest absolute Gasteiger partial charge is 0.306 e. The van der Waals surface area contributed by atoms with Crippen LogP contribution in [0.5, 0.6) is 0 Å². The monoisotopic (exact) mass is 326 g/mol. The minimum Gasteiger partial charge on any atom is -0.466 e. The van der Waals surface area contributed by atoms with Gasteiger partial charge in [-0.2, -0.15) is 0 Å². The van der Waals surface area contributed by atoms with Gasteiger partial charge in [0.2, 0.25) is 5.91 Å². The summed E-state index contributed by atoms with van der Waals surface area (Å²) in [5.41, 5.74) is 8.14. The zero-order valence-corrected chi connectivity index (χ0v) is 13.7. The lowest BCUT2D eigenvalue weighted by Gasteiger charge is -2.17. The largest absolute Gasteiger partial charge is 0.466 e. The first-order chi connectivity index (χ1) is 11.6. The van der Waals surface area contributed by atoms with Gasteiger partial charge in [0.15, 0.2) is 0 Å². The van der Waals surface area contributed by atoms with E-state index in [0.717, 1.165) is 16.8 Å². The van der Waals surface area contributed by atoms with Crippen LogP contribution in [-0.2, 0) is 20.7 Å². The molecule has 3 N–H and O–H groups in total. The molecule has 0 saturated heterocycles. The third-order valence-electron chi connectivity index (χ3n) is 3.61. The Hall–Kier alpha value is -2.82. The van der Waals surface area contributed by atoms with Gasteiger partial charge in [-0.3, -0.25) is 9.59 Å². The highest BCUT2D eigenvalue weighted by atomic mass is 16.5. The number of amides is 1. The number of esters is 1. The Kier molecular flexibility index (Phi) is 6.37. The molecule has 0 fully saturated rings. The molecule has 5 heteroatoms. The summed E-state index contributed by atoms with van der Waals surface area (Å²) < 4.78 is 4.91. The van der Waals surface area contributed by atoms with Crippen LogP contribution in [0.1, 0.15) is 30.5 Å². The second kappa shape index (κ2) is 8.72. The van der Waals surface area contributed by atoms with E-state index in [2.05, 4.69) is 5.32 Å². The van der Waals surface area contributed by atoms with Gasteiger partial charge in [-0.1, -0.05) is 42.5 Å². The quantitative estimate of drug-likeness (QED) is 0.731. The van der Waals surface area contributed by atoms with Crippen LogP contribution in [0.25, 0.3) is 0 Å². The zero-order valence-electron chi connectivity index (χ0n) is 13.7. The number of benzene rings is 2. The number of ether oxygens (including phenoxy) is 1. The molecule has 126 valence electrons. The molecule has 1 amide bonds. The summed E-state index contributed by atoms with van der Waals surface area (Å²) in [7, 11) is 0. The Morgan fingerprint density at radius 1 is 1.08 bits per heavy atom. The molecule has 0 saturated carbocycles. The molecule has 2 aromatic carbocycles. The molecule has 0 aliphatic carbocycles. The van der Waals surface area contributed by atoms with Gasteiger partial charge in [0.25, 0.3) is 0 Å². The molecule has 2 aromatic rings. The van der Waals surface area contributed by atoms with Crippen molar-refractivity contribution in [3.8, 4) is 0 Å². The van der Waals surface area contributed by atoms with Crippen LogP contribution in [0, 0.1) is 0 Å². The van der Waals surface area contributed by atoms with E-state index in [9.17, 15) is 9.59 Å². The first-order valence-corrected chi connectivity index (χ1v) is 7.95. The highest BCUT2D eigenvalue weighted by Gasteiger charge is 2.17. The minimum absolute atomic E-state index is 0.197. The maximum Gasteiger partial charge on any atom is 0.306 e. The second-order valence-corrected chi connectivity index (χ2v) is 5.39. The molecule has 0 aliphatic heterocycles. The number of nitrogens with one attached hydrogen (secondary N) is 1. The van der Waals surface area contributed by atoms with E-state index >= 15 is 0 Å². The fraction of sp³-hybridized carbons (Fsp3) is 0.263. The zero-order chi connectivity index (χ0) is 17.4. The number of hydrogen-bond donors (Lipinski definition) is 2. The summed E-state index contributed by atoms with van der Waals surface area (Å²) >= 11 is 0. The molecule has 0 aliphatic rings. The first-order valence-electron chi connectivity index (χ1n) is 7.95. The molecule has 2 rings (SSSR count). The van der Waals surface area contributed by atoms with E-state index in [1.165, 1.54) is 0 Å². The maximum absolute atomic E-state index is 11.7. The summed E-state index contributed by atoms with van der Waals surface area (Å²) in [6.45, 7) is 2.19. The van der Waals surface area contributed by atoms with Crippen molar-refractivity contribution in [1.82, 2.24) is 0 Å². The number of nitrogens with two attached hydrogens (primary N) is 1. The van der Waals surface area contributed by atoms with Crippen molar-refractivity contribution in [1.29, 1.82) is 0 Å². The normalized spacial score (nSPS) is 11.5. The second-order valence-electron chi connectivity index (χ2n) is 5.39. The van der Waals surface area contributed by atoms with Gasteiger partial charge >= 0.3 is 5.97 Å². The molecule has 0 aromatic heterocycles. The Labute approximate surface area is 141 Å². The number of carbonyl (C=O) groups is 2. The van der Waals surface area contributed by atoms with Crippen LogP contribution in [0.2, 0.25) is 0 Å². The highest BCUT2D eigenvalue weighted by molar-refractivity contribution is 5.84. The minimum atomic E-state index is -0.586. The Bertz CT molecular complexity index is 669. The maximum atomic E-state index is 11.7. The number of carbonyl (C=O) groups excluding carboxylic acids is 2. The predicted octanol–water partition coefficient (Wildman–Crippen LogP) is 2.82. The summed E-state index contributed by atoms with van der Waals surface area (Å²) in [5.74, 6) is -0.634. The number of hydrogen-bond acceptors (Lipinski definition) is 4. The lowest BCUT2D eigenvalue weighted by Crippen LogP contribution is -2.27. The molecule has 0 heterocycles. The number of anilines is 1. The lowest BCUT2D eigenvalue weighted by atomic mass is 10.1. The molecular weight excluding hydrogens is 304 g/mol. The van der Waals surface area contributed by atoms with Crippen LogP contribution in [-0.4, -0.2) is 18.5 Å². The van der Waals surface area contributed by atoms with Crippen LogP contribution in [0.3, 0.4) is 0 Å². The topological polar surface area (TPSA) is 81.4 Å². The van der Waals surface area contributed by atoms with Crippen molar-refractivity contribution in [2.24, 2.45) is 5.73 Å². The van der Waals surface area contributed by atoms with E-state index in [4.69, 9.17) is 10.5 Å². The van der Waals surface area contributed by atoms with E-state index in [-0.39, 0.29) is 5.97 Å². The molecule has 5 nitrogen and oxygen atoms in total.